The zero-order valence-electron chi connectivity index (χ0n) is 8.19. The third-order valence-corrected chi connectivity index (χ3v) is 3.78. The molecule has 14 heavy (non-hydrogen) atoms. The average Bonchev–Trinajstić information content (AvgIpc) is 2.67. The number of methoxy groups -OCH3 is 1. The van der Waals surface area contributed by atoms with E-state index < -0.39 is 5.60 Å². The van der Waals surface area contributed by atoms with Gasteiger partial charge < -0.3 is 9.84 Å². The summed E-state index contributed by atoms with van der Waals surface area (Å²) < 4.78 is 5.14. The summed E-state index contributed by atoms with van der Waals surface area (Å²) >= 11 is 1.80. The Kier molecular flexibility index (Phi) is 2.70. The fourth-order valence-electron chi connectivity index (χ4n) is 1.69. The molecule has 0 saturated carbocycles. The van der Waals surface area contributed by atoms with Crippen molar-refractivity contribution in [3.05, 3.63) is 29.8 Å². The molecule has 1 aromatic carbocycles. The van der Waals surface area contributed by atoms with Gasteiger partial charge in [-0.15, -0.1) is 0 Å². The van der Waals surface area contributed by atoms with E-state index in [0.29, 0.717) is 0 Å². The predicted molar refractivity (Wildman–Crippen MR) is 58.8 cm³/mol. The van der Waals surface area contributed by atoms with E-state index >= 15 is 0 Å². The average molecular weight is 210 g/mol. The molecule has 1 heterocycles. The summed E-state index contributed by atoms with van der Waals surface area (Å²) in [6.07, 6.45) is 0.838. The van der Waals surface area contributed by atoms with Crippen LogP contribution in [0.15, 0.2) is 24.3 Å². The van der Waals surface area contributed by atoms with Gasteiger partial charge >= 0.3 is 0 Å². The molecule has 1 aliphatic rings. The van der Waals surface area contributed by atoms with Crippen molar-refractivity contribution in [2.24, 2.45) is 0 Å². The molecular weight excluding hydrogens is 196 g/mol. The maximum absolute atomic E-state index is 10.3. The standard InChI is InChI=1S/C11H14O2S/c1-13-10-4-2-3-9(7-10)11(12)5-6-14-8-11/h2-4,7,12H,5-6,8H2,1H3. The summed E-state index contributed by atoms with van der Waals surface area (Å²) in [7, 11) is 1.65. The van der Waals surface area contributed by atoms with Crippen LogP contribution in [0.3, 0.4) is 0 Å². The zero-order valence-corrected chi connectivity index (χ0v) is 9.01. The van der Waals surface area contributed by atoms with Crippen LogP contribution >= 0.6 is 11.8 Å². The van der Waals surface area contributed by atoms with Gasteiger partial charge in [0.1, 0.15) is 5.75 Å². The molecule has 0 spiro atoms. The third kappa shape index (κ3) is 1.74. The summed E-state index contributed by atoms with van der Waals surface area (Å²) in [5.74, 6) is 2.64. The van der Waals surface area contributed by atoms with E-state index in [1.54, 1.807) is 18.9 Å². The number of aliphatic hydroxyl groups is 1. The van der Waals surface area contributed by atoms with Crippen molar-refractivity contribution in [2.75, 3.05) is 18.6 Å². The van der Waals surface area contributed by atoms with E-state index in [1.165, 1.54) is 0 Å². The highest BCUT2D eigenvalue weighted by molar-refractivity contribution is 7.99. The molecule has 1 fully saturated rings. The lowest BCUT2D eigenvalue weighted by Gasteiger charge is -2.22. The molecule has 3 heteroatoms. The predicted octanol–water partition coefficient (Wildman–Crippen LogP) is 2.02. The van der Waals surface area contributed by atoms with Crippen LogP contribution in [0.5, 0.6) is 5.75 Å². The van der Waals surface area contributed by atoms with Crippen molar-refractivity contribution in [1.29, 1.82) is 0 Å². The Labute approximate surface area is 88.3 Å². The number of benzene rings is 1. The fraction of sp³-hybridized carbons (Fsp3) is 0.455. The molecule has 76 valence electrons. The molecule has 0 aromatic heterocycles. The Balaban J connectivity index is 2.30. The number of rotatable bonds is 2. The largest absolute Gasteiger partial charge is 0.497 e. The zero-order chi connectivity index (χ0) is 10.0. The number of hydrogen-bond acceptors (Lipinski definition) is 3. The second-order valence-electron chi connectivity index (χ2n) is 3.57. The molecule has 0 bridgehead atoms. The summed E-state index contributed by atoms with van der Waals surface area (Å²) in [4.78, 5) is 0. The quantitative estimate of drug-likeness (QED) is 0.809. The molecular formula is C11H14O2S. The lowest BCUT2D eigenvalue weighted by Crippen LogP contribution is -2.24. The van der Waals surface area contributed by atoms with Gasteiger partial charge in [0.15, 0.2) is 0 Å². The first kappa shape index (κ1) is 9.87. The van der Waals surface area contributed by atoms with Gasteiger partial charge in [-0.1, -0.05) is 12.1 Å². The molecule has 1 atom stereocenters. The Hall–Kier alpha value is -0.670. The van der Waals surface area contributed by atoms with Crippen molar-refractivity contribution in [3.63, 3.8) is 0 Å². The molecule has 0 radical (unpaired) electrons. The summed E-state index contributed by atoms with van der Waals surface area (Å²) in [6.45, 7) is 0. The second kappa shape index (κ2) is 3.83. The van der Waals surface area contributed by atoms with E-state index in [0.717, 1.165) is 29.2 Å². The van der Waals surface area contributed by atoms with Crippen LogP contribution in [0.1, 0.15) is 12.0 Å². The molecule has 1 aromatic rings. The SMILES string of the molecule is COc1cccc(C2(O)CCSC2)c1. The Bertz CT molecular complexity index is 319. The number of ether oxygens (including phenoxy) is 1. The lowest BCUT2D eigenvalue weighted by molar-refractivity contribution is 0.0655. The van der Waals surface area contributed by atoms with Crippen LogP contribution in [-0.4, -0.2) is 23.7 Å². The van der Waals surface area contributed by atoms with Gasteiger partial charge in [-0.2, -0.15) is 11.8 Å². The van der Waals surface area contributed by atoms with Crippen LogP contribution in [0.2, 0.25) is 0 Å². The van der Waals surface area contributed by atoms with Gasteiger partial charge in [-0.3, -0.25) is 0 Å². The third-order valence-electron chi connectivity index (χ3n) is 2.61. The normalized spacial score (nSPS) is 26.4. The first-order chi connectivity index (χ1) is 6.74. The molecule has 2 nitrogen and oxygen atoms in total. The molecule has 0 amide bonds. The topological polar surface area (TPSA) is 29.5 Å². The van der Waals surface area contributed by atoms with E-state index in [1.807, 2.05) is 24.3 Å². The van der Waals surface area contributed by atoms with Crippen molar-refractivity contribution >= 4 is 11.8 Å². The van der Waals surface area contributed by atoms with Crippen LogP contribution in [0.4, 0.5) is 0 Å². The second-order valence-corrected chi connectivity index (χ2v) is 4.67. The first-order valence-electron chi connectivity index (χ1n) is 4.69. The number of thioether (sulfide) groups is 1. The lowest BCUT2D eigenvalue weighted by atomic mass is 9.93. The van der Waals surface area contributed by atoms with Crippen molar-refractivity contribution in [1.82, 2.24) is 0 Å². The summed E-state index contributed by atoms with van der Waals surface area (Å²) in [5.41, 5.74) is 0.334. The van der Waals surface area contributed by atoms with Gasteiger partial charge in [0.2, 0.25) is 0 Å². The highest BCUT2D eigenvalue weighted by Gasteiger charge is 2.33. The molecule has 1 N–H and O–H groups in total. The molecule has 2 rings (SSSR count). The Morgan fingerprint density at radius 2 is 2.36 bits per heavy atom. The van der Waals surface area contributed by atoms with Gasteiger partial charge in [0.25, 0.3) is 0 Å². The van der Waals surface area contributed by atoms with Gasteiger partial charge in [0.05, 0.1) is 12.7 Å². The van der Waals surface area contributed by atoms with Crippen molar-refractivity contribution in [2.45, 2.75) is 12.0 Å². The maximum Gasteiger partial charge on any atom is 0.119 e. The van der Waals surface area contributed by atoms with Gasteiger partial charge in [0, 0.05) is 5.75 Å². The van der Waals surface area contributed by atoms with Crippen molar-refractivity contribution < 1.29 is 9.84 Å². The summed E-state index contributed by atoms with van der Waals surface area (Å²) in [5, 5.41) is 10.3. The maximum atomic E-state index is 10.3. The van der Waals surface area contributed by atoms with E-state index in [2.05, 4.69) is 0 Å². The van der Waals surface area contributed by atoms with E-state index in [-0.39, 0.29) is 0 Å². The van der Waals surface area contributed by atoms with E-state index in [4.69, 9.17) is 4.74 Å². The monoisotopic (exact) mass is 210 g/mol. The highest BCUT2D eigenvalue weighted by atomic mass is 32.2. The van der Waals surface area contributed by atoms with E-state index in [9.17, 15) is 5.11 Å². The summed E-state index contributed by atoms with van der Waals surface area (Å²) in [6, 6.07) is 7.71. The highest BCUT2D eigenvalue weighted by Crippen LogP contribution is 2.37. The minimum Gasteiger partial charge on any atom is -0.497 e. The molecule has 1 aliphatic heterocycles. The molecule has 1 saturated heterocycles. The molecule has 0 aliphatic carbocycles. The number of hydrogen-bond donors (Lipinski definition) is 1. The van der Waals surface area contributed by atoms with Crippen LogP contribution in [0.25, 0.3) is 0 Å². The minimum atomic E-state index is -0.640. The van der Waals surface area contributed by atoms with Crippen LogP contribution < -0.4 is 4.74 Å². The van der Waals surface area contributed by atoms with Crippen LogP contribution in [-0.2, 0) is 5.60 Å². The smallest absolute Gasteiger partial charge is 0.119 e. The van der Waals surface area contributed by atoms with Crippen molar-refractivity contribution in [3.8, 4) is 5.75 Å². The first-order valence-corrected chi connectivity index (χ1v) is 5.85. The molecule has 1 unspecified atom stereocenters. The Morgan fingerprint density at radius 1 is 1.50 bits per heavy atom. The fourth-order valence-corrected chi connectivity index (χ4v) is 2.97. The van der Waals surface area contributed by atoms with Gasteiger partial charge in [-0.25, -0.2) is 0 Å². The Morgan fingerprint density at radius 3 is 3.00 bits per heavy atom. The van der Waals surface area contributed by atoms with Gasteiger partial charge in [-0.05, 0) is 29.9 Å². The minimum absolute atomic E-state index is 0.640. The van der Waals surface area contributed by atoms with Crippen LogP contribution in [0, 0.1) is 0 Å².